The first-order valence-electron chi connectivity index (χ1n) is 12.7. The number of carbonyl (C=O) groups excluding carboxylic acids is 1. The lowest BCUT2D eigenvalue weighted by Gasteiger charge is -2.49. The molecule has 8 heteroatoms. The van der Waals surface area contributed by atoms with Crippen molar-refractivity contribution in [3.8, 4) is 5.75 Å². The van der Waals surface area contributed by atoms with E-state index in [1.807, 2.05) is 14.1 Å². The van der Waals surface area contributed by atoms with Gasteiger partial charge in [0.25, 0.3) is 5.91 Å². The van der Waals surface area contributed by atoms with E-state index in [4.69, 9.17) is 4.74 Å². The molecule has 5 nitrogen and oxygen atoms in total. The third-order valence-electron chi connectivity index (χ3n) is 7.62. The molecule has 2 fully saturated rings. The number of alkyl halides is 3. The number of likely N-dealkylation sites (N-methyl/N-ethyl adjacent to an activating group) is 1. The van der Waals surface area contributed by atoms with Crippen LogP contribution in [0.1, 0.15) is 57.9 Å². The SMILES string of the molecule is Cc1c(OCCN(C)C)ccc(C2CCCC3CN(C(=O)c4ccc(C(F)(F)F)cc4)CCN32)c1C. The van der Waals surface area contributed by atoms with E-state index in [-0.39, 0.29) is 11.9 Å². The molecule has 36 heavy (non-hydrogen) atoms. The van der Waals surface area contributed by atoms with E-state index in [0.717, 1.165) is 50.2 Å². The van der Waals surface area contributed by atoms with Crippen LogP contribution in [-0.4, -0.2) is 73.5 Å². The zero-order valence-electron chi connectivity index (χ0n) is 21.6. The number of halogens is 3. The summed E-state index contributed by atoms with van der Waals surface area (Å²) in [4.78, 5) is 19.5. The minimum Gasteiger partial charge on any atom is -0.492 e. The Bertz CT molecular complexity index is 1070. The molecule has 0 aliphatic carbocycles. The molecule has 4 rings (SSSR count). The maximum atomic E-state index is 13.1. The number of rotatable bonds is 6. The molecule has 0 radical (unpaired) electrons. The Morgan fingerprint density at radius 2 is 1.75 bits per heavy atom. The van der Waals surface area contributed by atoms with Crippen LogP contribution in [0.25, 0.3) is 0 Å². The van der Waals surface area contributed by atoms with Crippen molar-refractivity contribution < 1.29 is 22.7 Å². The molecule has 0 N–H and O–H groups in total. The normalized spacial score (nSPS) is 20.9. The predicted octanol–water partition coefficient (Wildman–Crippen LogP) is 5.31. The number of hydrogen-bond donors (Lipinski definition) is 0. The van der Waals surface area contributed by atoms with Crippen LogP contribution in [0.4, 0.5) is 13.2 Å². The quantitative estimate of drug-likeness (QED) is 0.535. The lowest BCUT2D eigenvalue weighted by atomic mass is 9.86. The number of hydrogen-bond acceptors (Lipinski definition) is 4. The van der Waals surface area contributed by atoms with E-state index in [9.17, 15) is 18.0 Å². The summed E-state index contributed by atoms with van der Waals surface area (Å²) in [5.41, 5.74) is 3.31. The molecule has 2 aliphatic rings. The smallest absolute Gasteiger partial charge is 0.416 e. The van der Waals surface area contributed by atoms with Gasteiger partial charge in [0, 0.05) is 43.8 Å². The molecule has 2 aromatic rings. The first-order valence-corrected chi connectivity index (χ1v) is 12.7. The Hall–Kier alpha value is -2.58. The van der Waals surface area contributed by atoms with E-state index >= 15 is 0 Å². The van der Waals surface area contributed by atoms with Gasteiger partial charge in [-0.2, -0.15) is 13.2 Å². The standard InChI is InChI=1S/C28H36F3N3O2/c1-19-20(2)26(36-17-16-32(3)4)13-12-24(19)25-7-5-6-23-18-33(14-15-34(23)25)27(35)21-8-10-22(11-9-21)28(29,30)31/h8-13,23,25H,5-7,14-18H2,1-4H3. The van der Waals surface area contributed by atoms with Crippen molar-refractivity contribution in [1.82, 2.24) is 14.7 Å². The minimum atomic E-state index is -4.41. The number of nitrogens with zero attached hydrogens (tertiary/aromatic N) is 3. The number of piperazine rings is 1. The molecule has 2 aromatic carbocycles. The van der Waals surface area contributed by atoms with Crippen LogP contribution in [0.5, 0.6) is 5.75 Å². The van der Waals surface area contributed by atoms with Crippen molar-refractivity contribution >= 4 is 5.91 Å². The Kier molecular flexibility index (Phi) is 7.95. The van der Waals surface area contributed by atoms with Gasteiger partial charge in [-0.15, -0.1) is 0 Å². The lowest BCUT2D eigenvalue weighted by molar-refractivity contribution is -0.137. The summed E-state index contributed by atoms with van der Waals surface area (Å²) in [6.45, 7) is 7.70. The molecule has 196 valence electrons. The van der Waals surface area contributed by atoms with E-state index < -0.39 is 11.7 Å². The average molecular weight is 504 g/mol. The highest BCUT2D eigenvalue weighted by atomic mass is 19.4. The number of benzene rings is 2. The largest absolute Gasteiger partial charge is 0.492 e. The van der Waals surface area contributed by atoms with Crippen LogP contribution < -0.4 is 4.74 Å². The summed E-state index contributed by atoms with van der Waals surface area (Å²) >= 11 is 0. The Morgan fingerprint density at radius 3 is 2.42 bits per heavy atom. The van der Waals surface area contributed by atoms with Gasteiger partial charge in [0.15, 0.2) is 0 Å². The third kappa shape index (κ3) is 5.70. The summed E-state index contributed by atoms with van der Waals surface area (Å²) in [7, 11) is 4.06. The molecule has 2 unspecified atom stereocenters. The van der Waals surface area contributed by atoms with E-state index in [2.05, 4.69) is 35.8 Å². The second-order valence-corrected chi connectivity index (χ2v) is 10.2. The summed E-state index contributed by atoms with van der Waals surface area (Å²) in [5.74, 6) is 0.731. The molecule has 2 atom stereocenters. The number of fused-ring (bicyclic) bond motifs is 1. The summed E-state index contributed by atoms with van der Waals surface area (Å²) in [5, 5.41) is 0. The maximum absolute atomic E-state index is 13.1. The van der Waals surface area contributed by atoms with Crippen molar-refractivity contribution in [2.45, 2.75) is 51.4 Å². The lowest BCUT2D eigenvalue weighted by Crippen LogP contribution is -2.57. The van der Waals surface area contributed by atoms with Gasteiger partial charge < -0.3 is 14.5 Å². The third-order valence-corrected chi connectivity index (χ3v) is 7.62. The van der Waals surface area contributed by atoms with Gasteiger partial charge in [-0.25, -0.2) is 0 Å². The van der Waals surface area contributed by atoms with Crippen molar-refractivity contribution in [1.29, 1.82) is 0 Å². The van der Waals surface area contributed by atoms with Gasteiger partial charge in [-0.3, -0.25) is 9.69 Å². The van der Waals surface area contributed by atoms with Gasteiger partial charge in [-0.1, -0.05) is 6.07 Å². The van der Waals surface area contributed by atoms with Crippen LogP contribution in [0, 0.1) is 13.8 Å². The minimum absolute atomic E-state index is 0.197. The highest BCUT2D eigenvalue weighted by Gasteiger charge is 2.38. The Morgan fingerprint density at radius 1 is 1.03 bits per heavy atom. The molecule has 2 heterocycles. The maximum Gasteiger partial charge on any atom is 0.416 e. The fraction of sp³-hybridized carbons (Fsp3) is 0.536. The summed E-state index contributed by atoms with van der Waals surface area (Å²) < 4.78 is 44.7. The first kappa shape index (κ1) is 26.5. The molecule has 0 spiro atoms. The van der Waals surface area contributed by atoms with Crippen LogP contribution in [0.15, 0.2) is 36.4 Å². The van der Waals surface area contributed by atoms with Crippen molar-refractivity contribution in [3.05, 3.63) is 64.2 Å². The zero-order chi connectivity index (χ0) is 26.0. The number of ether oxygens (including phenoxy) is 1. The van der Waals surface area contributed by atoms with E-state index in [1.165, 1.54) is 28.8 Å². The predicted molar refractivity (Wildman–Crippen MR) is 134 cm³/mol. The number of piperidine rings is 1. The van der Waals surface area contributed by atoms with Crippen molar-refractivity contribution in [2.75, 3.05) is 46.9 Å². The van der Waals surface area contributed by atoms with E-state index in [1.54, 1.807) is 4.90 Å². The molecule has 0 aromatic heterocycles. The van der Waals surface area contributed by atoms with Crippen molar-refractivity contribution in [3.63, 3.8) is 0 Å². The molecular formula is C28H36F3N3O2. The fourth-order valence-electron chi connectivity index (χ4n) is 5.42. The molecule has 2 aliphatic heterocycles. The second kappa shape index (κ2) is 10.8. The molecule has 1 amide bonds. The van der Waals surface area contributed by atoms with Crippen LogP contribution in [0.3, 0.4) is 0 Å². The fourth-order valence-corrected chi connectivity index (χ4v) is 5.42. The van der Waals surface area contributed by atoms with Crippen LogP contribution in [0.2, 0.25) is 0 Å². The second-order valence-electron chi connectivity index (χ2n) is 10.2. The summed E-state index contributed by atoms with van der Waals surface area (Å²) in [6.07, 6.45) is -1.24. The monoisotopic (exact) mass is 503 g/mol. The highest BCUT2D eigenvalue weighted by Crippen LogP contribution is 2.39. The van der Waals surface area contributed by atoms with Gasteiger partial charge in [0.2, 0.25) is 0 Å². The number of carbonyl (C=O) groups is 1. The first-order chi connectivity index (χ1) is 17.1. The Balaban J connectivity index is 1.44. The van der Waals surface area contributed by atoms with Crippen LogP contribution >= 0.6 is 0 Å². The zero-order valence-corrected chi connectivity index (χ0v) is 21.6. The van der Waals surface area contributed by atoms with Crippen molar-refractivity contribution in [2.24, 2.45) is 0 Å². The topological polar surface area (TPSA) is 36.0 Å². The van der Waals surface area contributed by atoms with Gasteiger partial charge in [-0.05, 0) is 94.2 Å². The number of amides is 1. The van der Waals surface area contributed by atoms with Gasteiger partial charge in [0.1, 0.15) is 12.4 Å². The molecular weight excluding hydrogens is 467 g/mol. The van der Waals surface area contributed by atoms with Crippen LogP contribution in [-0.2, 0) is 6.18 Å². The molecule has 2 saturated heterocycles. The summed E-state index contributed by atoms with van der Waals surface area (Å²) in [6, 6.07) is 9.36. The molecule has 0 bridgehead atoms. The van der Waals surface area contributed by atoms with Gasteiger partial charge >= 0.3 is 6.18 Å². The molecule has 0 saturated carbocycles. The Labute approximate surface area is 211 Å². The highest BCUT2D eigenvalue weighted by molar-refractivity contribution is 5.94. The average Bonchev–Trinajstić information content (AvgIpc) is 2.85. The van der Waals surface area contributed by atoms with Gasteiger partial charge in [0.05, 0.1) is 5.56 Å². The van der Waals surface area contributed by atoms with E-state index in [0.29, 0.717) is 31.3 Å².